The quantitative estimate of drug-likeness (QED) is 0.718. The Kier molecular flexibility index (Phi) is 5.80. The van der Waals surface area contributed by atoms with Gasteiger partial charge in [0.25, 0.3) is 0 Å². The summed E-state index contributed by atoms with van der Waals surface area (Å²) in [5.74, 6) is 0.639. The van der Waals surface area contributed by atoms with E-state index < -0.39 is 0 Å². The van der Waals surface area contributed by atoms with E-state index in [2.05, 4.69) is 5.32 Å². The van der Waals surface area contributed by atoms with Gasteiger partial charge in [-0.15, -0.1) is 0 Å². The van der Waals surface area contributed by atoms with E-state index in [0.29, 0.717) is 0 Å². The molecule has 0 aliphatic heterocycles. The topological polar surface area (TPSA) is 46.2 Å². The molecule has 3 nitrogen and oxygen atoms in total. The van der Waals surface area contributed by atoms with Crippen LogP contribution >= 0.6 is 11.8 Å². The Hall–Kier alpha value is -0.510. The molecule has 0 fully saturated rings. The summed E-state index contributed by atoms with van der Waals surface area (Å²) in [4.78, 5) is 21.9. The molecular weight excluding hydrogens is 174 g/mol. The maximum atomic E-state index is 11.0. The zero-order valence-electron chi connectivity index (χ0n) is 7.72. The molecule has 0 aromatic carbocycles. The van der Waals surface area contributed by atoms with Gasteiger partial charge in [-0.3, -0.25) is 9.59 Å². The highest BCUT2D eigenvalue weighted by Crippen LogP contribution is 1.99. The first-order valence-corrected chi connectivity index (χ1v) is 4.99. The third-order valence-corrected chi connectivity index (χ3v) is 1.99. The number of hydrogen-bond donors (Lipinski definition) is 1. The Bertz CT molecular complexity index is 168. The van der Waals surface area contributed by atoms with Crippen molar-refractivity contribution in [3.63, 3.8) is 0 Å². The lowest BCUT2D eigenvalue weighted by Crippen LogP contribution is -2.31. The van der Waals surface area contributed by atoms with Crippen LogP contribution in [0.2, 0.25) is 0 Å². The number of amides is 1. The van der Waals surface area contributed by atoms with Crippen LogP contribution in [-0.4, -0.2) is 23.3 Å². The molecule has 12 heavy (non-hydrogen) atoms. The second kappa shape index (κ2) is 6.06. The standard InChI is InChI=1S/C8H15NO2S/c1-4-12-7(10)5-9-8(11)6(2)3/h6H,4-5H2,1-3H3,(H,9,11). The van der Waals surface area contributed by atoms with Gasteiger partial charge in [0.05, 0.1) is 6.54 Å². The fourth-order valence-electron chi connectivity index (χ4n) is 0.575. The highest BCUT2D eigenvalue weighted by atomic mass is 32.2. The first-order chi connectivity index (χ1) is 5.57. The lowest BCUT2D eigenvalue weighted by atomic mass is 10.2. The van der Waals surface area contributed by atoms with Gasteiger partial charge in [-0.05, 0) is 5.75 Å². The van der Waals surface area contributed by atoms with Gasteiger partial charge in [-0.25, -0.2) is 0 Å². The molecule has 0 unspecified atom stereocenters. The van der Waals surface area contributed by atoms with Crippen molar-refractivity contribution in [2.75, 3.05) is 12.3 Å². The first kappa shape index (κ1) is 11.5. The predicted octanol–water partition coefficient (Wildman–Crippen LogP) is 1.04. The van der Waals surface area contributed by atoms with Crippen LogP contribution in [0.1, 0.15) is 20.8 Å². The van der Waals surface area contributed by atoms with E-state index in [9.17, 15) is 9.59 Å². The van der Waals surface area contributed by atoms with Crippen LogP contribution in [0.25, 0.3) is 0 Å². The summed E-state index contributed by atoms with van der Waals surface area (Å²) < 4.78 is 0. The summed E-state index contributed by atoms with van der Waals surface area (Å²) in [6, 6.07) is 0. The third-order valence-electron chi connectivity index (χ3n) is 1.24. The number of nitrogens with one attached hydrogen (secondary N) is 1. The molecule has 0 saturated heterocycles. The maximum Gasteiger partial charge on any atom is 0.222 e. The molecule has 0 aromatic rings. The van der Waals surface area contributed by atoms with E-state index >= 15 is 0 Å². The molecule has 1 N–H and O–H groups in total. The van der Waals surface area contributed by atoms with Crippen LogP contribution < -0.4 is 5.32 Å². The van der Waals surface area contributed by atoms with Crippen molar-refractivity contribution < 1.29 is 9.59 Å². The Morgan fingerprint density at radius 3 is 2.42 bits per heavy atom. The first-order valence-electron chi connectivity index (χ1n) is 4.01. The average molecular weight is 189 g/mol. The summed E-state index contributed by atoms with van der Waals surface area (Å²) in [5, 5.41) is 2.58. The van der Waals surface area contributed by atoms with E-state index in [1.165, 1.54) is 11.8 Å². The summed E-state index contributed by atoms with van der Waals surface area (Å²) in [6.07, 6.45) is 0. The normalized spacial score (nSPS) is 10.0. The summed E-state index contributed by atoms with van der Waals surface area (Å²) in [5.41, 5.74) is 0. The SMILES string of the molecule is CCSC(=O)CNC(=O)C(C)C. The molecule has 4 heteroatoms. The van der Waals surface area contributed by atoms with Gasteiger partial charge in [-0.2, -0.15) is 0 Å². The average Bonchev–Trinajstić information content (AvgIpc) is 2.00. The second-order valence-electron chi connectivity index (χ2n) is 2.68. The zero-order valence-corrected chi connectivity index (χ0v) is 8.53. The number of carbonyl (C=O) groups is 2. The molecule has 0 spiro atoms. The molecule has 0 radical (unpaired) electrons. The van der Waals surface area contributed by atoms with Gasteiger partial charge in [0.15, 0.2) is 0 Å². The van der Waals surface area contributed by atoms with Gasteiger partial charge in [0.2, 0.25) is 11.0 Å². The number of hydrogen-bond acceptors (Lipinski definition) is 3. The molecule has 70 valence electrons. The van der Waals surface area contributed by atoms with Crippen LogP contribution in [0.3, 0.4) is 0 Å². The van der Waals surface area contributed by atoms with E-state index in [4.69, 9.17) is 0 Å². The molecule has 0 aromatic heterocycles. The Balaban J connectivity index is 3.54. The van der Waals surface area contributed by atoms with Gasteiger partial charge >= 0.3 is 0 Å². The highest BCUT2D eigenvalue weighted by molar-refractivity contribution is 8.13. The summed E-state index contributed by atoms with van der Waals surface area (Å²) >= 11 is 1.23. The van der Waals surface area contributed by atoms with Crippen molar-refractivity contribution in [2.45, 2.75) is 20.8 Å². The van der Waals surface area contributed by atoms with Gasteiger partial charge in [0, 0.05) is 5.92 Å². The fraction of sp³-hybridized carbons (Fsp3) is 0.750. The molecule has 0 rings (SSSR count). The van der Waals surface area contributed by atoms with Crippen LogP contribution in [0.4, 0.5) is 0 Å². The largest absolute Gasteiger partial charge is 0.348 e. The Labute approximate surface area is 77.3 Å². The molecule has 0 atom stereocenters. The molecule has 0 aliphatic rings. The molecule has 0 heterocycles. The Morgan fingerprint density at radius 1 is 1.42 bits per heavy atom. The van der Waals surface area contributed by atoms with Crippen molar-refractivity contribution in [3.05, 3.63) is 0 Å². The number of thioether (sulfide) groups is 1. The van der Waals surface area contributed by atoms with E-state index in [-0.39, 0.29) is 23.5 Å². The summed E-state index contributed by atoms with van der Waals surface area (Å²) in [7, 11) is 0. The van der Waals surface area contributed by atoms with E-state index in [0.717, 1.165) is 5.75 Å². The van der Waals surface area contributed by atoms with Crippen molar-refractivity contribution in [1.29, 1.82) is 0 Å². The lowest BCUT2D eigenvalue weighted by molar-refractivity contribution is -0.125. The van der Waals surface area contributed by atoms with Crippen LogP contribution in [0, 0.1) is 5.92 Å². The second-order valence-corrected chi connectivity index (χ2v) is 4.00. The van der Waals surface area contributed by atoms with Gasteiger partial charge in [0.1, 0.15) is 0 Å². The molecule has 0 bridgehead atoms. The lowest BCUT2D eigenvalue weighted by Gasteiger charge is -2.05. The van der Waals surface area contributed by atoms with E-state index in [1.54, 1.807) is 13.8 Å². The van der Waals surface area contributed by atoms with Crippen molar-refractivity contribution in [1.82, 2.24) is 5.32 Å². The van der Waals surface area contributed by atoms with Gasteiger partial charge < -0.3 is 5.32 Å². The van der Waals surface area contributed by atoms with Crippen LogP contribution in [0.15, 0.2) is 0 Å². The number of rotatable bonds is 4. The Morgan fingerprint density at radius 2 is 2.00 bits per heavy atom. The molecule has 0 saturated carbocycles. The minimum Gasteiger partial charge on any atom is -0.348 e. The number of carbonyl (C=O) groups excluding carboxylic acids is 2. The van der Waals surface area contributed by atoms with Crippen molar-refractivity contribution >= 4 is 22.8 Å². The monoisotopic (exact) mass is 189 g/mol. The van der Waals surface area contributed by atoms with Crippen LogP contribution in [-0.2, 0) is 9.59 Å². The molecule has 1 amide bonds. The molecular formula is C8H15NO2S. The van der Waals surface area contributed by atoms with E-state index in [1.807, 2.05) is 6.92 Å². The summed E-state index contributed by atoms with van der Waals surface area (Å²) in [6.45, 7) is 5.65. The van der Waals surface area contributed by atoms with Crippen molar-refractivity contribution in [2.24, 2.45) is 5.92 Å². The minimum absolute atomic E-state index is 0.0199. The minimum atomic E-state index is -0.0694. The smallest absolute Gasteiger partial charge is 0.222 e. The van der Waals surface area contributed by atoms with Crippen molar-refractivity contribution in [3.8, 4) is 0 Å². The van der Waals surface area contributed by atoms with Gasteiger partial charge in [-0.1, -0.05) is 32.5 Å². The highest BCUT2D eigenvalue weighted by Gasteiger charge is 2.07. The fourth-order valence-corrected chi connectivity index (χ4v) is 1.07. The van der Waals surface area contributed by atoms with Crippen LogP contribution in [0.5, 0.6) is 0 Å². The molecule has 0 aliphatic carbocycles. The zero-order chi connectivity index (χ0) is 9.56. The maximum absolute atomic E-state index is 11.0. The predicted molar refractivity (Wildman–Crippen MR) is 51.0 cm³/mol. The third kappa shape index (κ3) is 5.18.